The Balaban J connectivity index is 0.000000314. The molecule has 31 heavy (non-hydrogen) atoms. The Morgan fingerprint density at radius 1 is 0.677 bits per heavy atom. The Morgan fingerprint density at radius 3 is 1.52 bits per heavy atom. The second kappa shape index (κ2) is 15.0. The fourth-order valence-electron chi connectivity index (χ4n) is 4.38. The molecular formula is C26H45O3PS. The Kier molecular flexibility index (Phi) is 13.6. The van der Waals surface area contributed by atoms with Gasteiger partial charge in [-0.2, -0.15) is 8.42 Å². The molecule has 0 atom stereocenters. The quantitative estimate of drug-likeness (QED) is 0.239. The smallest absolute Gasteiger partial charge is 0.282 e. The maximum atomic E-state index is 11.0. The molecule has 2 aromatic rings. The number of hydrogen-bond donors (Lipinski definition) is 1. The fraction of sp³-hybridized carbons (Fsp3) is 0.615. The second-order valence-electron chi connectivity index (χ2n) is 8.87. The van der Waals surface area contributed by atoms with Crippen LogP contribution in [0.25, 0.3) is 10.8 Å². The molecule has 0 bridgehead atoms. The minimum atomic E-state index is -4.13. The molecule has 2 aromatic carbocycles. The van der Waals surface area contributed by atoms with Crippen LogP contribution in [0.5, 0.6) is 0 Å². The molecule has 178 valence electrons. The average Bonchev–Trinajstić information content (AvgIpc) is 2.77. The van der Waals surface area contributed by atoms with Gasteiger partial charge in [-0.3, -0.25) is 4.55 Å². The molecular weight excluding hydrogens is 423 g/mol. The minimum Gasteiger partial charge on any atom is -0.282 e. The van der Waals surface area contributed by atoms with Crippen molar-refractivity contribution < 1.29 is 13.0 Å². The van der Waals surface area contributed by atoms with Crippen molar-refractivity contribution in [2.24, 2.45) is 0 Å². The van der Waals surface area contributed by atoms with Gasteiger partial charge < -0.3 is 0 Å². The first-order valence-electron chi connectivity index (χ1n) is 12.3. The van der Waals surface area contributed by atoms with Crippen LogP contribution in [0.1, 0.15) is 79.1 Å². The van der Waals surface area contributed by atoms with Crippen molar-refractivity contribution in [3.63, 3.8) is 0 Å². The van der Waals surface area contributed by atoms with Gasteiger partial charge in [-0.15, -0.1) is 0 Å². The van der Waals surface area contributed by atoms with E-state index in [-0.39, 0.29) is 4.90 Å². The van der Waals surface area contributed by atoms with Gasteiger partial charge in [0.25, 0.3) is 10.1 Å². The first-order chi connectivity index (χ1) is 14.8. The van der Waals surface area contributed by atoms with E-state index < -0.39 is 17.4 Å². The first kappa shape index (κ1) is 28.1. The number of hydrogen-bond acceptors (Lipinski definition) is 2. The standard InChI is InChI=1S/C16H37P.C10H8O3S/c1-5-9-13-17(14-10-6-2,15-11-7-3)16-12-8-4;11-14(12,13)10-7-3-5-8-4-1-2-6-9(8)10/h17H,5-16H2,1-4H3;1-7H,(H,11,12,13). The Hall–Kier alpha value is -0.960. The Morgan fingerprint density at radius 2 is 1.10 bits per heavy atom. The summed E-state index contributed by atoms with van der Waals surface area (Å²) in [5, 5.41) is 1.33. The summed E-state index contributed by atoms with van der Waals surface area (Å²) >= 11 is 0. The number of benzene rings is 2. The molecule has 5 heteroatoms. The normalized spacial score (nSPS) is 12.4. The van der Waals surface area contributed by atoms with Gasteiger partial charge in [0.05, 0.1) is 0 Å². The Labute approximate surface area is 192 Å². The van der Waals surface area contributed by atoms with E-state index in [4.69, 9.17) is 4.55 Å². The number of unbranched alkanes of at least 4 members (excludes halogenated alkanes) is 4. The summed E-state index contributed by atoms with van der Waals surface area (Å²) < 4.78 is 31.0. The molecule has 0 radical (unpaired) electrons. The van der Waals surface area contributed by atoms with Gasteiger partial charge in [-0.25, -0.2) is 0 Å². The summed E-state index contributed by atoms with van der Waals surface area (Å²) in [5.74, 6) is 0. The van der Waals surface area contributed by atoms with Gasteiger partial charge in [-0.1, -0.05) is 36.4 Å². The van der Waals surface area contributed by atoms with Crippen molar-refractivity contribution in [1.29, 1.82) is 0 Å². The Bertz CT molecular complexity index is 806. The zero-order valence-electron chi connectivity index (χ0n) is 20.2. The summed E-state index contributed by atoms with van der Waals surface area (Å²) in [6, 6.07) is 11.8. The van der Waals surface area contributed by atoms with Crippen molar-refractivity contribution in [3.8, 4) is 0 Å². The molecule has 0 saturated heterocycles. The molecule has 0 fully saturated rings. The third kappa shape index (κ3) is 10.0. The molecule has 2 rings (SSSR count). The van der Waals surface area contributed by atoms with Crippen LogP contribution >= 0.6 is 7.26 Å². The topological polar surface area (TPSA) is 54.4 Å². The van der Waals surface area contributed by atoms with E-state index in [1.165, 1.54) is 57.4 Å². The largest absolute Gasteiger partial charge is 0.295 e. The van der Waals surface area contributed by atoms with Crippen LogP contribution < -0.4 is 0 Å². The van der Waals surface area contributed by atoms with Crippen molar-refractivity contribution >= 4 is 28.2 Å². The van der Waals surface area contributed by atoms with Crippen molar-refractivity contribution in [3.05, 3.63) is 42.5 Å². The summed E-state index contributed by atoms with van der Waals surface area (Å²) in [4.78, 5) is -0.0457. The maximum Gasteiger partial charge on any atom is 0.295 e. The molecule has 0 heterocycles. The molecule has 0 saturated carbocycles. The van der Waals surface area contributed by atoms with E-state index in [0.717, 1.165) is 5.39 Å². The molecule has 0 aliphatic heterocycles. The predicted molar refractivity (Wildman–Crippen MR) is 141 cm³/mol. The van der Waals surface area contributed by atoms with E-state index in [9.17, 15) is 8.42 Å². The molecule has 0 spiro atoms. The van der Waals surface area contributed by atoms with Crippen LogP contribution in [0.3, 0.4) is 0 Å². The molecule has 0 aromatic heterocycles. The fourth-order valence-corrected chi connectivity index (χ4v) is 11.0. The molecule has 0 aliphatic rings. The predicted octanol–water partition coefficient (Wildman–Crippen LogP) is 8.02. The van der Waals surface area contributed by atoms with E-state index >= 15 is 0 Å². The molecule has 3 nitrogen and oxygen atoms in total. The molecule has 0 unspecified atom stereocenters. The van der Waals surface area contributed by atoms with Gasteiger partial charge >= 0.3 is 111 Å². The van der Waals surface area contributed by atoms with Crippen LogP contribution in [-0.4, -0.2) is 37.6 Å². The number of fused-ring (bicyclic) bond motifs is 1. The van der Waals surface area contributed by atoms with Gasteiger partial charge in [0, 0.05) is 5.39 Å². The van der Waals surface area contributed by atoms with Crippen molar-refractivity contribution in [1.82, 2.24) is 0 Å². The van der Waals surface area contributed by atoms with E-state index in [2.05, 4.69) is 27.7 Å². The summed E-state index contributed by atoms with van der Waals surface area (Å²) in [6.07, 6.45) is 18.1. The van der Waals surface area contributed by atoms with E-state index in [1.54, 1.807) is 55.0 Å². The first-order valence-corrected chi connectivity index (χ1v) is 16.6. The van der Waals surface area contributed by atoms with Crippen molar-refractivity contribution in [2.45, 2.75) is 84.0 Å². The van der Waals surface area contributed by atoms with Crippen LogP contribution in [0.2, 0.25) is 0 Å². The van der Waals surface area contributed by atoms with E-state index in [0.29, 0.717) is 5.39 Å². The van der Waals surface area contributed by atoms with Crippen LogP contribution in [0, 0.1) is 0 Å². The second-order valence-corrected chi connectivity index (χ2v) is 15.3. The zero-order chi connectivity index (χ0) is 23.2. The monoisotopic (exact) mass is 468 g/mol. The van der Waals surface area contributed by atoms with Gasteiger partial charge in [0.1, 0.15) is 4.90 Å². The molecule has 0 amide bonds. The van der Waals surface area contributed by atoms with Crippen LogP contribution in [0.15, 0.2) is 47.4 Å². The third-order valence-corrected chi connectivity index (χ3v) is 12.8. The average molecular weight is 469 g/mol. The zero-order valence-corrected chi connectivity index (χ0v) is 22.0. The van der Waals surface area contributed by atoms with Gasteiger partial charge in [-0.05, 0) is 11.5 Å². The third-order valence-electron chi connectivity index (χ3n) is 6.27. The molecule has 1 N–H and O–H groups in total. The minimum absolute atomic E-state index is 0.0457. The van der Waals surface area contributed by atoms with Gasteiger partial charge in [0.15, 0.2) is 0 Å². The molecule has 0 aliphatic carbocycles. The van der Waals surface area contributed by atoms with Gasteiger partial charge in [0.2, 0.25) is 0 Å². The summed E-state index contributed by atoms with van der Waals surface area (Å²) in [6.45, 7) is 9.44. The maximum absolute atomic E-state index is 11.0. The number of rotatable bonds is 13. The van der Waals surface area contributed by atoms with Crippen molar-refractivity contribution in [2.75, 3.05) is 24.6 Å². The SMILES string of the molecule is CCCC[PH](CCCC)(CCCC)CCCC.O=S(=O)(O)c1cccc2ccccc12. The van der Waals surface area contributed by atoms with Crippen LogP contribution in [-0.2, 0) is 10.1 Å². The summed E-state index contributed by atoms with van der Waals surface area (Å²) in [7, 11) is -5.01. The van der Waals surface area contributed by atoms with E-state index in [1.807, 2.05) is 6.07 Å². The summed E-state index contributed by atoms with van der Waals surface area (Å²) in [5.41, 5.74) is 0. The van der Waals surface area contributed by atoms with Crippen LogP contribution in [0.4, 0.5) is 0 Å².